The van der Waals surface area contributed by atoms with Gasteiger partial charge < -0.3 is 14.7 Å². The third-order valence-corrected chi connectivity index (χ3v) is 4.74. The molecule has 0 bridgehead atoms. The van der Waals surface area contributed by atoms with Crippen LogP contribution in [0.1, 0.15) is 50.7 Å². The highest BCUT2D eigenvalue weighted by Gasteiger charge is 2.39. The lowest BCUT2D eigenvalue weighted by molar-refractivity contribution is -0.130. The van der Waals surface area contributed by atoms with Crippen molar-refractivity contribution in [3.8, 4) is 11.5 Å². The molecular formula is C20H25FN4O3. The summed E-state index contributed by atoms with van der Waals surface area (Å²) in [4.78, 5) is 31.4. The van der Waals surface area contributed by atoms with Gasteiger partial charge in [0, 0.05) is 18.2 Å². The van der Waals surface area contributed by atoms with Gasteiger partial charge in [0.05, 0.1) is 0 Å². The van der Waals surface area contributed by atoms with E-state index in [1.54, 1.807) is 4.90 Å². The average molecular weight is 388 g/mol. The Morgan fingerprint density at radius 2 is 2.07 bits per heavy atom. The van der Waals surface area contributed by atoms with Gasteiger partial charge in [0.25, 0.3) is 17.6 Å². The summed E-state index contributed by atoms with van der Waals surface area (Å²) in [5.74, 6) is -0.674. The number of carbonyl (C=O) groups excluding carboxylic acids is 2. The van der Waals surface area contributed by atoms with E-state index in [-0.39, 0.29) is 35.4 Å². The molecule has 28 heavy (non-hydrogen) atoms. The smallest absolute Gasteiger partial charge is 0.296 e. The van der Waals surface area contributed by atoms with Gasteiger partial charge in [0.2, 0.25) is 5.91 Å². The SMILES string of the molecule is CCC[C@H]1CN(C(=O)c2noc(-c3ccc(F)cc3)n2)[C@@H](CC(C)C)C(=O)N1. The van der Waals surface area contributed by atoms with Crippen LogP contribution in [0, 0.1) is 11.7 Å². The first-order chi connectivity index (χ1) is 13.4. The maximum atomic E-state index is 13.1. The number of carbonyl (C=O) groups is 2. The molecule has 150 valence electrons. The Balaban J connectivity index is 1.84. The third kappa shape index (κ3) is 4.37. The van der Waals surface area contributed by atoms with E-state index in [4.69, 9.17) is 4.52 Å². The molecule has 0 spiro atoms. The Bertz CT molecular complexity index is 834. The van der Waals surface area contributed by atoms with Crippen LogP contribution in [0.2, 0.25) is 0 Å². The van der Waals surface area contributed by atoms with Gasteiger partial charge in [0.15, 0.2) is 0 Å². The fourth-order valence-corrected chi connectivity index (χ4v) is 3.41. The zero-order valence-electron chi connectivity index (χ0n) is 16.3. The van der Waals surface area contributed by atoms with Gasteiger partial charge in [-0.1, -0.05) is 32.3 Å². The first-order valence-electron chi connectivity index (χ1n) is 9.60. The summed E-state index contributed by atoms with van der Waals surface area (Å²) >= 11 is 0. The average Bonchev–Trinajstić information content (AvgIpc) is 3.14. The molecule has 7 nitrogen and oxygen atoms in total. The lowest BCUT2D eigenvalue weighted by atomic mass is 9.97. The second-order valence-electron chi connectivity index (χ2n) is 7.53. The number of nitrogens with zero attached hydrogens (tertiary/aromatic N) is 3. The Hall–Kier alpha value is -2.77. The molecule has 1 aromatic heterocycles. The maximum Gasteiger partial charge on any atom is 0.296 e. The van der Waals surface area contributed by atoms with E-state index >= 15 is 0 Å². The number of amides is 2. The molecule has 2 aromatic rings. The summed E-state index contributed by atoms with van der Waals surface area (Å²) in [6.07, 6.45) is 2.24. The van der Waals surface area contributed by atoms with E-state index in [9.17, 15) is 14.0 Å². The zero-order chi connectivity index (χ0) is 20.3. The van der Waals surface area contributed by atoms with Crippen LogP contribution in [0.5, 0.6) is 0 Å². The molecule has 0 unspecified atom stereocenters. The van der Waals surface area contributed by atoms with Crippen molar-refractivity contribution in [1.82, 2.24) is 20.4 Å². The number of hydrogen-bond donors (Lipinski definition) is 1. The largest absolute Gasteiger partial charge is 0.350 e. The fourth-order valence-electron chi connectivity index (χ4n) is 3.41. The van der Waals surface area contributed by atoms with E-state index in [1.807, 2.05) is 20.8 Å². The van der Waals surface area contributed by atoms with Gasteiger partial charge in [-0.15, -0.1) is 0 Å². The molecule has 0 saturated carbocycles. The van der Waals surface area contributed by atoms with Crippen LogP contribution in [-0.2, 0) is 4.79 Å². The summed E-state index contributed by atoms with van der Waals surface area (Å²) in [5.41, 5.74) is 0.520. The number of benzene rings is 1. The van der Waals surface area contributed by atoms with Crippen molar-refractivity contribution < 1.29 is 18.5 Å². The third-order valence-electron chi connectivity index (χ3n) is 4.74. The van der Waals surface area contributed by atoms with Gasteiger partial charge >= 0.3 is 0 Å². The number of nitrogens with one attached hydrogen (secondary N) is 1. The second kappa shape index (κ2) is 8.50. The van der Waals surface area contributed by atoms with Crippen LogP contribution in [-0.4, -0.2) is 45.5 Å². The summed E-state index contributed by atoms with van der Waals surface area (Å²) < 4.78 is 18.3. The Morgan fingerprint density at radius 1 is 1.36 bits per heavy atom. The Kier molecular flexibility index (Phi) is 6.06. The fraction of sp³-hybridized carbons (Fsp3) is 0.500. The highest BCUT2D eigenvalue weighted by molar-refractivity contribution is 5.96. The van der Waals surface area contributed by atoms with Gasteiger partial charge in [-0.25, -0.2) is 4.39 Å². The van der Waals surface area contributed by atoms with Crippen LogP contribution in [0.25, 0.3) is 11.5 Å². The summed E-state index contributed by atoms with van der Waals surface area (Å²) in [6, 6.07) is 4.92. The minimum atomic E-state index is -0.562. The number of halogens is 1. The summed E-state index contributed by atoms with van der Waals surface area (Å²) in [5, 5.41) is 6.81. The molecule has 1 aromatic carbocycles. The molecule has 1 aliphatic rings. The van der Waals surface area contributed by atoms with Crippen molar-refractivity contribution in [2.24, 2.45) is 5.92 Å². The standard InChI is InChI=1S/C20H25FN4O3/c1-4-5-15-11-25(16(10-12(2)3)18(26)22-15)20(27)17-23-19(28-24-17)13-6-8-14(21)9-7-13/h6-9,12,15-16H,4-5,10-11H2,1-3H3,(H,22,26)/t15-,16-/m0/s1. The van der Waals surface area contributed by atoms with Gasteiger partial charge in [-0.05, 0) is 43.0 Å². The predicted molar refractivity (Wildman–Crippen MR) is 101 cm³/mol. The summed E-state index contributed by atoms with van der Waals surface area (Å²) in [6.45, 7) is 6.47. The molecule has 1 fully saturated rings. The molecule has 2 amide bonds. The topological polar surface area (TPSA) is 88.3 Å². The van der Waals surface area contributed by atoms with Gasteiger partial charge in [-0.2, -0.15) is 4.98 Å². The van der Waals surface area contributed by atoms with Crippen molar-refractivity contribution in [3.63, 3.8) is 0 Å². The van der Waals surface area contributed by atoms with E-state index in [1.165, 1.54) is 24.3 Å². The highest BCUT2D eigenvalue weighted by Crippen LogP contribution is 2.22. The van der Waals surface area contributed by atoms with Crippen molar-refractivity contribution in [2.45, 2.75) is 52.1 Å². The number of piperazine rings is 1. The molecular weight excluding hydrogens is 363 g/mol. The van der Waals surface area contributed by atoms with Crippen LogP contribution >= 0.6 is 0 Å². The van der Waals surface area contributed by atoms with Crippen LogP contribution in [0.15, 0.2) is 28.8 Å². The molecule has 2 atom stereocenters. The van der Waals surface area contributed by atoms with Crippen LogP contribution in [0.3, 0.4) is 0 Å². The first kappa shape index (κ1) is 20.0. The molecule has 0 aliphatic carbocycles. The molecule has 1 saturated heterocycles. The molecule has 1 aliphatic heterocycles. The molecule has 3 rings (SSSR count). The van der Waals surface area contributed by atoms with Gasteiger partial charge in [0.1, 0.15) is 11.9 Å². The highest BCUT2D eigenvalue weighted by atomic mass is 19.1. The molecule has 2 heterocycles. The maximum absolute atomic E-state index is 13.1. The minimum absolute atomic E-state index is 0.0895. The summed E-state index contributed by atoms with van der Waals surface area (Å²) in [7, 11) is 0. The normalized spacial score (nSPS) is 19.8. The molecule has 0 radical (unpaired) electrons. The van der Waals surface area contributed by atoms with E-state index in [0.717, 1.165) is 12.8 Å². The van der Waals surface area contributed by atoms with E-state index in [2.05, 4.69) is 15.5 Å². The van der Waals surface area contributed by atoms with Crippen LogP contribution in [0.4, 0.5) is 4.39 Å². The lowest BCUT2D eigenvalue weighted by Gasteiger charge is -2.39. The molecule has 8 heteroatoms. The number of rotatable bonds is 6. The second-order valence-corrected chi connectivity index (χ2v) is 7.53. The van der Waals surface area contributed by atoms with Gasteiger partial charge in [-0.3, -0.25) is 9.59 Å². The van der Waals surface area contributed by atoms with Crippen molar-refractivity contribution in [1.29, 1.82) is 0 Å². The van der Waals surface area contributed by atoms with Crippen molar-refractivity contribution >= 4 is 11.8 Å². The van der Waals surface area contributed by atoms with Crippen molar-refractivity contribution in [2.75, 3.05) is 6.54 Å². The monoisotopic (exact) mass is 388 g/mol. The Labute approximate surface area is 163 Å². The first-order valence-corrected chi connectivity index (χ1v) is 9.60. The van der Waals surface area contributed by atoms with E-state index < -0.39 is 11.9 Å². The van der Waals surface area contributed by atoms with Crippen LogP contribution < -0.4 is 5.32 Å². The zero-order valence-corrected chi connectivity index (χ0v) is 16.3. The van der Waals surface area contributed by atoms with E-state index in [0.29, 0.717) is 18.5 Å². The number of aromatic nitrogens is 2. The van der Waals surface area contributed by atoms with Crippen molar-refractivity contribution in [3.05, 3.63) is 35.9 Å². The quantitative estimate of drug-likeness (QED) is 0.822. The molecule has 1 N–H and O–H groups in total. The Morgan fingerprint density at radius 3 is 2.71 bits per heavy atom. The lowest BCUT2D eigenvalue weighted by Crippen LogP contribution is -2.61. The predicted octanol–water partition coefficient (Wildman–Crippen LogP) is 3.03. The minimum Gasteiger partial charge on any atom is -0.350 e. The number of hydrogen-bond acceptors (Lipinski definition) is 5.